The van der Waals surface area contributed by atoms with Gasteiger partial charge in [-0.15, -0.1) is 0 Å². The largest absolute Gasteiger partial charge is 0.478 e. The highest BCUT2D eigenvalue weighted by Gasteiger charge is 2.29. The van der Waals surface area contributed by atoms with Crippen LogP contribution >= 0.6 is 0 Å². The summed E-state index contributed by atoms with van der Waals surface area (Å²) in [5, 5.41) is 13.1. The highest BCUT2D eigenvalue weighted by atomic mass is 19.3. The maximum Gasteiger partial charge on any atom is 0.340 e. The molecule has 2 aromatic carbocycles. The minimum Gasteiger partial charge on any atom is -0.478 e. The number of aromatic nitrogens is 2. The number of carboxylic acid groups (broad SMARTS) is 1. The molecule has 0 aliphatic carbocycles. The molecule has 0 saturated carbocycles. The standard InChI is InChI=1S/C19H14F4N2O2/c1-9-3-4-10(7-14(9)21)13-8-11(20)5-6-12(13)17-15(19(26)27)16(18(22)23)24-25(17)2/h3-8,18H,1-2H3,(H,26,27). The predicted octanol–water partition coefficient (Wildman–Crippen LogP) is 4.98. The molecule has 3 rings (SSSR count). The summed E-state index contributed by atoms with van der Waals surface area (Å²) in [7, 11) is 1.32. The second kappa shape index (κ2) is 6.86. The first-order valence-electron chi connectivity index (χ1n) is 7.85. The van der Waals surface area contributed by atoms with Crippen LogP contribution < -0.4 is 0 Å². The summed E-state index contributed by atoms with van der Waals surface area (Å²) in [6, 6.07) is 7.65. The van der Waals surface area contributed by atoms with Crippen LogP contribution in [0.25, 0.3) is 22.4 Å². The van der Waals surface area contributed by atoms with Crippen LogP contribution in [0.3, 0.4) is 0 Å². The minimum absolute atomic E-state index is 0.117. The molecule has 0 unspecified atom stereocenters. The lowest BCUT2D eigenvalue weighted by Gasteiger charge is -2.12. The maximum absolute atomic E-state index is 14.0. The molecule has 0 bridgehead atoms. The van der Waals surface area contributed by atoms with Gasteiger partial charge in [0.25, 0.3) is 6.43 Å². The Balaban J connectivity index is 2.34. The zero-order valence-electron chi connectivity index (χ0n) is 14.3. The third-order valence-electron chi connectivity index (χ3n) is 4.21. The molecule has 0 spiro atoms. The number of halogens is 4. The SMILES string of the molecule is Cc1ccc(-c2cc(F)ccc2-c2c(C(=O)O)c(C(F)F)nn2C)cc1F. The molecule has 0 aliphatic rings. The Morgan fingerprint density at radius 2 is 1.81 bits per heavy atom. The van der Waals surface area contributed by atoms with E-state index in [1.807, 2.05) is 0 Å². The lowest BCUT2D eigenvalue weighted by atomic mass is 9.94. The molecule has 0 amide bonds. The molecule has 0 saturated heterocycles. The molecular formula is C19H14F4N2O2. The summed E-state index contributed by atoms with van der Waals surface area (Å²) < 4.78 is 55.3. The van der Waals surface area contributed by atoms with Crippen LogP contribution in [0.5, 0.6) is 0 Å². The Hall–Kier alpha value is -3.16. The van der Waals surface area contributed by atoms with Gasteiger partial charge < -0.3 is 5.11 Å². The monoisotopic (exact) mass is 378 g/mol. The summed E-state index contributed by atoms with van der Waals surface area (Å²) in [5.41, 5.74) is -0.696. The van der Waals surface area contributed by atoms with Gasteiger partial charge in [0, 0.05) is 12.6 Å². The molecule has 0 radical (unpaired) electrons. The van der Waals surface area contributed by atoms with Gasteiger partial charge in [0.05, 0.1) is 5.69 Å². The van der Waals surface area contributed by atoms with Crippen molar-refractivity contribution in [2.75, 3.05) is 0 Å². The number of hydrogen-bond acceptors (Lipinski definition) is 2. The molecule has 1 heterocycles. The third-order valence-corrected chi connectivity index (χ3v) is 4.21. The quantitative estimate of drug-likeness (QED) is 0.652. The van der Waals surface area contributed by atoms with Gasteiger partial charge >= 0.3 is 5.97 Å². The Bertz CT molecular complexity index is 1040. The molecule has 3 aromatic rings. The molecule has 4 nitrogen and oxygen atoms in total. The number of benzene rings is 2. The van der Waals surface area contributed by atoms with Crippen LogP contribution in [0.1, 0.15) is 28.0 Å². The second-order valence-corrected chi connectivity index (χ2v) is 5.99. The van der Waals surface area contributed by atoms with Crippen molar-refractivity contribution in [3.8, 4) is 22.4 Å². The van der Waals surface area contributed by atoms with Crippen LogP contribution in [0.15, 0.2) is 36.4 Å². The molecule has 140 valence electrons. The van der Waals surface area contributed by atoms with Gasteiger partial charge in [-0.05, 0) is 47.9 Å². The van der Waals surface area contributed by atoms with Gasteiger partial charge in [-0.25, -0.2) is 22.4 Å². The molecule has 8 heteroatoms. The molecule has 1 N–H and O–H groups in total. The van der Waals surface area contributed by atoms with Gasteiger partial charge in [0.15, 0.2) is 0 Å². The van der Waals surface area contributed by atoms with Crippen molar-refractivity contribution in [3.05, 3.63) is 64.9 Å². The van der Waals surface area contributed by atoms with E-state index in [4.69, 9.17) is 0 Å². The van der Waals surface area contributed by atoms with E-state index in [0.29, 0.717) is 5.56 Å². The zero-order valence-corrected chi connectivity index (χ0v) is 14.3. The summed E-state index contributed by atoms with van der Waals surface area (Å²) in [5.74, 6) is -2.75. The van der Waals surface area contributed by atoms with Crippen molar-refractivity contribution in [3.63, 3.8) is 0 Å². The molecule has 27 heavy (non-hydrogen) atoms. The van der Waals surface area contributed by atoms with E-state index >= 15 is 0 Å². The number of rotatable bonds is 4. The van der Waals surface area contributed by atoms with Crippen LogP contribution in [-0.2, 0) is 7.05 Å². The Kier molecular flexibility index (Phi) is 4.73. The van der Waals surface area contributed by atoms with Crippen molar-refractivity contribution >= 4 is 5.97 Å². The summed E-state index contributed by atoms with van der Waals surface area (Å²) >= 11 is 0. The Morgan fingerprint density at radius 1 is 1.11 bits per heavy atom. The van der Waals surface area contributed by atoms with Crippen molar-refractivity contribution in [1.29, 1.82) is 0 Å². The summed E-state index contributed by atoms with van der Waals surface area (Å²) in [6.07, 6.45) is -3.10. The number of nitrogens with zero attached hydrogens (tertiary/aromatic N) is 2. The molecule has 0 aliphatic heterocycles. The number of aromatic carboxylic acids is 1. The fraction of sp³-hybridized carbons (Fsp3) is 0.158. The Labute approximate surface area is 151 Å². The number of aryl methyl sites for hydroxylation is 2. The average molecular weight is 378 g/mol. The first kappa shape index (κ1) is 18.6. The summed E-state index contributed by atoms with van der Waals surface area (Å²) in [6.45, 7) is 1.56. The normalized spacial score (nSPS) is 11.2. The second-order valence-electron chi connectivity index (χ2n) is 5.99. The van der Waals surface area contributed by atoms with E-state index in [1.54, 1.807) is 13.0 Å². The van der Waals surface area contributed by atoms with Gasteiger partial charge in [-0.1, -0.05) is 12.1 Å². The van der Waals surface area contributed by atoms with Gasteiger partial charge in [-0.2, -0.15) is 5.10 Å². The van der Waals surface area contributed by atoms with E-state index < -0.39 is 35.3 Å². The van der Waals surface area contributed by atoms with E-state index in [-0.39, 0.29) is 22.4 Å². The van der Waals surface area contributed by atoms with Crippen LogP contribution in [0.2, 0.25) is 0 Å². The third kappa shape index (κ3) is 3.30. The van der Waals surface area contributed by atoms with Gasteiger partial charge in [0.1, 0.15) is 22.9 Å². The summed E-state index contributed by atoms with van der Waals surface area (Å²) in [4.78, 5) is 11.6. The fourth-order valence-corrected chi connectivity index (χ4v) is 2.94. The van der Waals surface area contributed by atoms with Crippen molar-refractivity contribution < 1.29 is 27.5 Å². The van der Waals surface area contributed by atoms with E-state index in [0.717, 1.165) is 16.8 Å². The highest BCUT2D eigenvalue weighted by molar-refractivity contribution is 5.99. The van der Waals surface area contributed by atoms with E-state index in [2.05, 4.69) is 5.10 Å². The minimum atomic E-state index is -3.10. The lowest BCUT2D eigenvalue weighted by Crippen LogP contribution is -2.04. The number of carbonyl (C=O) groups is 1. The zero-order chi connectivity index (χ0) is 19.9. The first-order chi connectivity index (χ1) is 12.7. The number of carboxylic acids is 1. The van der Waals surface area contributed by atoms with Crippen LogP contribution in [-0.4, -0.2) is 20.9 Å². The first-order valence-corrected chi connectivity index (χ1v) is 7.85. The average Bonchev–Trinajstić information content (AvgIpc) is 2.95. The maximum atomic E-state index is 14.0. The molecular weight excluding hydrogens is 364 g/mol. The van der Waals surface area contributed by atoms with Crippen molar-refractivity contribution in [2.24, 2.45) is 7.05 Å². The van der Waals surface area contributed by atoms with E-state index in [1.165, 1.54) is 25.2 Å². The van der Waals surface area contributed by atoms with Crippen molar-refractivity contribution in [2.45, 2.75) is 13.3 Å². The molecule has 1 aromatic heterocycles. The molecule has 0 fully saturated rings. The van der Waals surface area contributed by atoms with Crippen LogP contribution in [0, 0.1) is 18.6 Å². The highest BCUT2D eigenvalue weighted by Crippen LogP contribution is 2.38. The topological polar surface area (TPSA) is 55.1 Å². The Morgan fingerprint density at radius 3 is 2.41 bits per heavy atom. The van der Waals surface area contributed by atoms with Gasteiger partial charge in [-0.3, -0.25) is 4.68 Å². The van der Waals surface area contributed by atoms with Crippen LogP contribution in [0.4, 0.5) is 17.6 Å². The van der Waals surface area contributed by atoms with Crippen molar-refractivity contribution in [1.82, 2.24) is 9.78 Å². The smallest absolute Gasteiger partial charge is 0.340 e. The fourth-order valence-electron chi connectivity index (χ4n) is 2.94. The number of alkyl halides is 2. The van der Waals surface area contributed by atoms with Gasteiger partial charge in [0.2, 0.25) is 0 Å². The predicted molar refractivity (Wildman–Crippen MR) is 90.6 cm³/mol. The van der Waals surface area contributed by atoms with E-state index in [9.17, 15) is 27.5 Å². The lowest BCUT2D eigenvalue weighted by molar-refractivity contribution is 0.0685. The number of hydrogen-bond donors (Lipinski definition) is 1. The molecule has 0 atom stereocenters.